The summed E-state index contributed by atoms with van der Waals surface area (Å²) in [5.74, 6) is 1.08. The molecule has 5 nitrogen and oxygen atoms in total. The lowest BCUT2D eigenvalue weighted by molar-refractivity contribution is -0.118. The van der Waals surface area contributed by atoms with Crippen LogP contribution in [0.5, 0.6) is 0 Å². The van der Waals surface area contributed by atoms with Crippen LogP contribution in [-0.4, -0.2) is 29.8 Å². The van der Waals surface area contributed by atoms with Crippen molar-refractivity contribution in [2.45, 2.75) is 44.1 Å². The summed E-state index contributed by atoms with van der Waals surface area (Å²) in [6, 6.07) is 0. The summed E-state index contributed by atoms with van der Waals surface area (Å²) in [6.07, 6.45) is 3.68. The highest BCUT2D eigenvalue weighted by Crippen LogP contribution is 2.42. The summed E-state index contributed by atoms with van der Waals surface area (Å²) in [7, 11) is 0. The average Bonchev–Trinajstić information content (AvgIpc) is 3.27. The van der Waals surface area contributed by atoms with Gasteiger partial charge in [-0.2, -0.15) is 0 Å². The Hall–Kier alpha value is -0.720. The Kier molecular flexibility index (Phi) is 3.97. The molecule has 1 aromatic rings. The molecular weight excluding hydrogens is 324 g/mol. The van der Waals surface area contributed by atoms with E-state index in [1.54, 1.807) is 0 Å². The number of hydrogen-bond donors (Lipinski definition) is 1. The quantitative estimate of drug-likeness (QED) is 0.912. The molecule has 0 radical (unpaired) electrons. The van der Waals surface area contributed by atoms with Gasteiger partial charge in [0, 0.05) is 38.6 Å². The van der Waals surface area contributed by atoms with Gasteiger partial charge in [-0.1, -0.05) is 0 Å². The maximum Gasteiger partial charge on any atom is 0.265 e. The molecule has 1 aromatic heterocycles. The van der Waals surface area contributed by atoms with Crippen LogP contribution < -0.4 is 5.56 Å². The molecule has 1 aliphatic carbocycles. The molecule has 2 fully saturated rings. The van der Waals surface area contributed by atoms with Gasteiger partial charge in [-0.05, 0) is 35.7 Å². The Morgan fingerprint density at radius 2 is 2.15 bits per heavy atom. The molecule has 3 rings (SSSR count). The Labute approximate surface area is 126 Å². The highest BCUT2D eigenvalue weighted by molar-refractivity contribution is 9.10. The first-order valence-electron chi connectivity index (χ1n) is 7.18. The number of aromatic amines is 1. The molecule has 110 valence electrons. The standard InChI is InChI=1S/C14H19BrN2O3/c1-2-20-14(5-7-19-8-6-14)13-16-11(9-3-4-9)10(15)12(18)17-13/h9H,2-8H2,1H3,(H,16,17,18). The van der Waals surface area contributed by atoms with Gasteiger partial charge in [0.25, 0.3) is 5.56 Å². The normalized spacial score (nSPS) is 21.9. The molecule has 2 aliphatic rings. The summed E-state index contributed by atoms with van der Waals surface area (Å²) in [6.45, 7) is 3.84. The number of nitrogens with zero attached hydrogens (tertiary/aromatic N) is 1. The first-order chi connectivity index (χ1) is 9.66. The fourth-order valence-corrected chi connectivity index (χ4v) is 3.26. The third-order valence-electron chi connectivity index (χ3n) is 4.01. The van der Waals surface area contributed by atoms with Crippen LogP contribution in [0.1, 0.15) is 50.0 Å². The van der Waals surface area contributed by atoms with Gasteiger partial charge in [0.2, 0.25) is 0 Å². The lowest BCUT2D eigenvalue weighted by Gasteiger charge is -2.36. The van der Waals surface area contributed by atoms with E-state index in [-0.39, 0.29) is 5.56 Å². The van der Waals surface area contributed by atoms with Crippen LogP contribution in [0.4, 0.5) is 0 Å². The monoisotopic (exact) mass is 342 g/mol. The van der Waals surface area contributed by atoms with Gasteiger partial charge in [0.05, 0.1) is 5.69 Å². The molecule has 0 bridgehead atoms. The zero-order valence-electron chi connectivity index (χ0n) is 11.6. The van der Waals surface area contributed by atoms with Crippen LogP contribution in [0.25, 0.3) is 0 Å². The molecule has 0 unspecified atom stereocenters. The second-order valence-corrected chi connectivity index (χ2v) is 6.22. The van der Waals surface area contributed by atoms with Crippen molar-refractivity contribution in [3.05, 3.63) is 26.3 Å². The van der Waals surface area contributed by atoms with E-state index in [1.807, 2.05) is 6.92 Å². The maximum atomic E-state index is 12.2. The minimum Gasteiger partial charge on any atom is -0.381 e. The lowest BCUT2D eigenvalue weighted by atomic mass is 9.92. The van der Waals surface area contributed by atoms with Crippen LogP contribution in [0.2, 0.25) is 0 Å². The number of nitrogens with one attached hydrogen (secondary N) is 1. The van der Waals surface area contributed by atoms with E-state index in [4.69, 9.17) is 14.5 Å². The average molecular weight is 343 g/mol. The zero-order chi connectivity index (χ0) is 14.2. The van der Waals surface area contributed by atoms with Crippen molar-refractivity contribution in [3.8, 4) is 0 Å². The van der Waals surface area contributed by atoms with Crippen LogP contribution in [0.3, 0.4) is 0 Å². The van der Waals surface area contributed by atoms with Crippen LogP contribution in [-0.2, 0) is 15.1 Å². The number of ether oxygens (including phenoxy) is 2. The Balaban J connectivity index is 2.04. The van der Waals surface area contributed by atoms with Crippen LogP contribution in [0, 0.1) is 0 Å². The fraction of sp³-hybridized carbons (Fsp3) is 0.714. The minimum absolute atomic E-state index is 0.109. The molecule has 20 heavy (non-hydrogen) atoms. The number of hydrogen-bond acceptors (Lipinski definition) is 4. The van der Waals surface area contributed by atoms with Crippen molar-refractivity contribution in [3.63, 3.8) is 0 Å². The van der Waals surface area contributed by atoms with Gasteiger partial charge in [-0.15, -0.1) is 0 Å². The summed E-state index contributed by atoms with van der Waals surface area (Å²) in [5.41, 5.74) is 0.271. The molecule has 0 spiro atoms. The summed E-state index contributed by atoms with van der Waals surface area (Å²) < 4.78 is 12.0. The second kappa shape index (κ2) is 5.58. The Morgan fingerprint density at radius 3 is 2.75 bits per heavy atom. The molecule has 0 amide bonds. The van der Waals surface area contributed by atoms with E-state index in [2.05, 4.69) is 20.9 Å². The minimum atomic E-state index is -0.503. The van der Waals surface area contributed by atoms with E-state index in [9.17, 15) is 4.79 Å². The lowest BCUT2D eigenvalue weighted by Crippen LogP contribution is -2.40. The smallest absolute Gasteiger partial charge is 0.265 e. The molecule has 0 atom stereocenters. The molecule has 1 aliphatic heterocycles. The highest BCUT2D eigenvalue weighted by atomic mass is 79.9. The molecule has 1 N–H and O–H groups in total. The van der Waals surface area contributed by atoms with Crippen molar-refractivity contribution in [2.75, 3.05) is 19.8 Å². The predicted molar refractivity (Wildman–Crippen MR) is 77.9 cm³/mol. The van der Waals surface area contributed by atoms with E-state index < -0.39 is 5.60 Å². The summed E-state index contributed by atoms with van der Waals surface area (Å²) in [5, 5.41) is 0. The SMILES string of the molecule is CCOC1(c2nc(C3CC3)c(Br)c(=O)[nH]2)CCOCC1. The van der Waals surface area contributed by atoms with Crippen LogP contribution >= 0.6 is 15.9 Å². The first-order valence-corrected chi connectivity index (χ1v) is 7.97. The number of aromatic nitrogens is 2. The predicted octanol–water partition coefficient (Wildman–Crippen LogP) is 2.45. The number of rotatable bonds is 4. The fourth-order valence-electron chi connectivity index (χ4n) is 2.75. The van der Waals surface area contributed by atoms with Crippen molar-refractivity contribution in [2.24, 2.45) is 0 Å². The molecular formula is C14H19BrN2O3. The van der Waals surface area contributed by atoms with Gasteiger partial charge in [0.1, 0.15) is 15.9 Å². The van der Waals surface area contributed by atoms with Crippen molar-refractivity contribution in [1.82, 2.24) is 9.97 Å². The van der Waals surface area contributed by atoms with Gasteiger partial charge in [-0.3, -0.25) is 4.79 Å². The van der Waals surface area contributed by atoms with Gasteiger partial charge in [0.15, 0.2) is 0 Å². The Bertz CT molecular complexity index is 542. The first kappa shape index (κ1) is 14.2. The maximum absolute atomic E-state index is 12.2. The van der Waals surface area contributed by atoms with Crippen LogP contribution in [0.15, 0.2) is 9.27 Å². The zero-order valence-corrected chi connectivity index (χ0v) is 13.2. The molecule has 6 heteroatoms. The number of H-pyrrole nitrogens is 1. The van der Waals surface area contributed by atoms with Gasteiger partial charge in [-0.25, -0.2) is 4.98 Å². The summed E-state index contributed by atoms with van der Waals surface area (Å²) >= 11 is 3.36. The Morgan fingerprint density at radius 1 is 1.45 bits per heavy atom. The van der Waals surface area contributed by atoms with E-state index in [0.717, 1.165) is 31.4 Å². The van der Waals surface area contributed by atoms with Gasteiger partial charge < -0.3 is 14.5 Å². The second-order valence-electron chi connectivity index (χ2n) is 5.43. The third kappa shape index (κ3) is 2.56. The van der Waals surface area contributed by atoms with Crippen molar-refractivity contribution in [1.29, 1.82) is 0 Å². The van der Waals surface area contributed by atoms with E-state index in [0.29, 0.717) is 36.0 Å². The highest BCUT2D eigenvalue weighted by Gasteiger charge is 2.39. The molecule has 2 heterocycles. The topological polar surface area (TPSA) is 64.2 Å². The van der Waals surface area contributed by atoms with E-state index >= 15 is 0 Å². The third-order valence-corrected chi connectivity index (χ3v) is 4.77. The summed E-state index contributed by atoms with van der Waals surface area (Å²) in [4.78, 5) is 19.8. The molecule has 1 saturated heterocycles. The number of halogens is 1. The van der Waals surface area contributed by atoms with Crippen molar-refractivity contribution >= 4 is 15.9 Å². The molecule has 0 aromatic carbocycles. The molecule has 1 saturated carbocycles. The van der Waals surface area contributed by atoms with Crippen molar-refractivity contribution < 1.29 is 9.47 Å². The van der Waals surface area contributed by atoms with E-state index in [1.165, 1.54) is 0 Å². The van der Waals surface area contributed by atoms with Gasteiger partial charge >= 0.3 is 0 Å². The largest absolute Gasteiger partial charge is 0.381 e.